The van der Waals surface area contributed by atoms with Crippen LogP contribution in [0.4, 0.5) is 0 Å². The number of halogens is 1. The lowest BCUT2D eigenvalue weighted by Crippen LogP contribution is -2.32. The summed E-state index contributed by atoms with van der Waals surface area (Å²) in [4.78, 5) is 0. The van der Waals surface area contributed by atoms with Gasteiger partial charge in [-0.25, -0.2) is 0 Å². The first-order valence-corrected chi connectivity index (χ1v) is 6.95. The van der Waals surface area contributed by atoms with Crippen molar-refractivity contribution in [3.63, 3.8) is 0 Å². The summed E-state index contributed by atoms with van der Waals surface area (Å²) in [7, 11) is 0. The second kappa shape index (κ2) is 7.02. The molecule has 0 aliphatic carbocycles. The van der Waals surface area contributed by atoms with Crippen molar-refractivity contribution in [2.45, 2.75) is 52.7 Å². The van der Waals surface area contributed by atoms with E-state index in [4.69, 9.17) is 11.6 Å². The van der Waals surface area contributed by atoms with Gasteiger partial charge in [-0.3, -0.25) is 4.68 Å². The fourth-order valence-corrected chi connectivity index (χ4v) is 1.77. The fraction of sp³-hybridized carbons (Fsp3) is 0.769. The van der Waals surface area contributed by atoms with Crippen molar-refractivity contribution < 1.29 is 0 Å². The molecule has 0 saturated heterocycles. The van der Waals surface area contributed by atoms with E-state index in [-0.39, 0.29) is 0 Å². The summed E-state index contributed by atoms with van der Waals surface area (Å²) in [6, 6.07) is 2.97. The van der Waals surface area contributed by atoms with E-state index in [1.165, 1.54) is 0 Å². The minimum absolute atomic E-state index is 0.418. The van der Waals surface area contributed by atoms with Crippen molar-refractivity contribution in [2.75, 3.05) is 5.88 Å². The third kappa shape index (κ3) is 4.32. The molecule has 1 rings (SSSR count). The first-order valence-electron chi connectivity index (χ1n) is 6.41. The highest BCUT2D eigenvalue weighted by Gasteiger charge is 2.11. The number of rotatable bonds is 7. The summed E-state index contributed by atoms with van der Waals surface area (Å²) < 4.78 is 2.03. The second-order valence-corrected chi connectivity index (χ2v) is 5.15. The molecular weight excluding hydrogens is 234 g/mol. The summed E-state index contributed by atoms with van der Waals surface area (Å²) >= 11 is 5.83. The molecule has 0 aromatic carbocycles. The number of nitrogens with one attached hydrogen (secondary N) is 1. The molecule has 3 unspecified atom stereocenters. The van der Waals surface area contributed by atoms with Gasteiger partial charge in [0.2, 0.25) is 0 Å². The van der Waals surface area contributed by atoms with Gasteiger partial charge in [0, 0.05) is 30.7 Å². The third-order valence-corrected chi connectivity index (χ3v) is 3.89. The lowest BCUT2D eigenvalue weighted by molar-refractivity contribution is 0.421. The number of alkyl halides is 1. The van der Waals surface area contributed by atoms with E-state index < -0.39 is 0 Å². The van der Waals surface area contributed by atoms with Crippen LogP contribution >= 0.6 is 11.6 Å². The van der Waals surface area contributed by atoms with Crippen molar-refractivity contribution in [1.82, 2.24) is 15.1 Å². The molecule has 0 radical (unpaired) electrons. The Hall–Kier alpha value is -0.540. The van der Waals surface area contributed by atoms with E-state index in [0.717, 1.165) is 18.7 Å². The first-order chi connectivity index (χ1) is 8.08. The van der Waals surface area contributed by atoms with Gasteiger partial charge in [0.1, 0.15) is 0 Å². The van der Waals surface area contributed by atoms with Gasteiger partial charge in [-0.2, -0.15) is 5.10 Å². The smallest absolute Gasteiger partial charge is 0.0762 e. The average Bonchev–Trinajstić information content (AvgIpc) is 2.82. The molecule has 0 spiro atoms. The Labute approximate surface area is 110 Å². The van der Waals surface area contributed by atoms with E-state index in [0.29, 0.717) is 23.9 Å². The standard InChI is InChI=1S/C13H24ClN3/c1-5-11(3)17-7-6-13(16-17)9-15-12(4)10(2)8-14/h6-7,10-12,15H,5,8-9H2,1-4H3. The van der Waals surface area contributed by atoms with Crippen LogP contribution in [0.5, 0.6) is 0 Å². The van der Waals surface area contributed by atoms with Crippen molar-refractivity contribution >= 4 is 11.6 Å². The summed E-state index contributed by atoms with van der Waals surface area (Å²) in [5, 5.41) is 8.02. The molecule has 1 aromatic heterocycles. The van der Waals surface area contributed by atoms with Crippen LogP contribution < -0.4 is 5.32 Å². The highest BCUT2D eigenvalue weighted by atomic mass is 35.5. The van der Waals surface area contributed by atoms with Gasteiger partial charge in [-0.1, -0.05) is 13.8 Å². The third-order valence-electron chi connectivity index (χ3n) is 3.41. The van der Waals surface area contributed by atoms with E-state index in [1.54, 1.807) is 0 Å². The average molecular weight is 258 g/mol. The van der Waals surface area contributed by atoms with Crippen LogP contribution in [0, 0.1) is 5.92 Å². The highest BCUT2D eigenvalue weighted by molar-refractivity contribution is 6.18. The van der Waals surface area contributed by atoms with Crippen LogP contribution in [0.2, 0.25) is 0 Å². The lowest BCUT2D eigenvalue weighted by Gasteiger charge is -2.18. The molecular formula is C13H24ClN3. The Morgan fingerprint density at radius 1 is 1.41 bits per heavy atom. The van der Waals surface area contributed by atoms with E-state index in [9.17, 15) is 0 Å². The lowest BCUT2D eigenvalue weighted by atomic mass is 10.1. The molecule has 3 atom stereocenters. The predicted molar refractivity (Wildman–Crippen MR) is 73.4 cm³/mol. The zero-order valence-electron chi connectivity index (χ0n) is 11.3. The minimum atomic E-state index is 0.418. The molecule has 98 valence electrons. The first kappa shape index (κ1) is 14.5. The highest BCUT2D eigenvalue weighted by Crippen LogP contribution is 2.10. The number of aromatic nitrogens is 2. The maximum absolute atomic E-state index is 5.83. The van der Waals surface area contributed by atoms with Crippen LogP contribution in [-0.2, 0) is 6.54 Å². The van der Waals surface area contributed by atoms with Gasteiger partial charge < -0.3 is 5.32 Å². The van der Waals surface area contributed by atoms with Crippen LogP contribution in [0.15, 0.2) is 12.3 Å². The molecule has 0 saturated carbocycles. The SMILES string of the molecule is CCC(C)n1ccc(CNC(C)C(C)CCl)n1. The molecule has 0 aliphatic rings. The van der Waals surface area contributed by atoms with E-state index in [1.807, 2.05) is 4.68 Å². The summed E-state index contributed by atoms with van der Waals surface area (Å²) in [6.45, 7) is 9.49. The summed E-state index contributed by atoms with van der Waals surface area (Å²) in [5.41, 5.74) is 1.10. The van der Waals surface area contributed by atoms with Crippen molar-refractivity contribution in [2.24, 2.45) is 5.92 Å². The maximum atomic E-state index is 5.83. The molecule has 0 fully saturated rings. The number of nitrogens with zero attached hydrogens (tertiary/aromatic N) is 2. The zero-order valence-corrected chi connectivity index (χ0v) is 12.0. The fourth-order valence-electron chi connectivity index (χ4n) is 1.50. The van der Waals surface area contributed by atoms with Gasteiger partial charge in [-0.15, -0.1) is 11.6 Å². The van der Waals surface area contributed by atoms with Crippen LogP contribution in [-0.4, -0.2) is 21.7 Å². The van der Waals surface area contributed by atoms with E-state index in [2.05, 4.69) is 50.4 Å². The quantitative estimate of drug-likeness (QED) is 0.761. The van der Waals surface area contributed by atoms with Crippen molar-refractivity contribution in [3.8, 4) is 0 Å². The van der Waals surface area contributed by atoms with Crippen molar-refractivity contribution in [3.05, 3.63) is 18.0 Å². The molecule has 0 aliphatic heterocycles. The molecule has 1 N–H and O–H groups in total. The maximum Gasteiger partial charge on any atom is 0.0762 e. The zero-order chi connectivity index (χ0) is 12.8. The van der Waals surface area contributed by atoms with Gasteiger partial charge in [0.25, 0.3) is 0 Å². The normalized spacial score (nSPS) is 16.8. The van der Waals surface area contributed by atoms with Crippen LogP contribution in [0.1, 0.15) is 45.9 Å². The number of hydrogen-bond acceptors (Lipinski definition) is 2. The summed E-state index contributed by atoms with van der Waals surface area (Å²) in [6.07, 6.45) is 3.16. The Kier molecular flexibility index (Phi) is 6.00. The van der Waals surface area contributed by atoms with E-state index >= 15 is 0 Å². The largest absolute Gasteiger partial charge is 0.308 e. The molecule has 3 nitrogen and oxygen atoms in total. The molecule has 1 aromatic rings. The molecule has 4 heteroatoms. The van der Waals surface area contributed by atoms with Crippen molar-refractivity contribution in [1.29, 1.82) is 0 Å². The molecule has 0 bridgehead atoms. The number of hydrogen-bond donors (Lipinski definition) is 1. The Morgan fingerprint density at radius 2 is 2.12 bits per heavy atom. The Balaban J connectivity index is 2.44. The van der Waals surface area contributed by atoms with Gasteiger partial charge in [0.05, 0.1) is 5.69 Å². The minimum Gasteiger partial charge on any atom is -0.308 e. The van der Waals surface area contributed by atoms with Gasteiger partial charge in [-0.05, 0) is 32.3 Å². The second-order valence-electron chi connectivity index (χ2n) is 4.85. The Bertz CT molecular complexity index is 324. The van der Waals surface area contributed by atoms with Crippen LogP contribution in [0.25, 0.3) is 0 Å². The van der Waals surface area contributed by atoms with Gasteiger partial charge >= 0.3 is 0 Å². The molecule has 1 heterocycles. The topological polar surface area (TPSA) is 29.9 Å². The molecule has 0 amide bonds. The Morgan fingerprint density at radius 3 is 2.71 bits per heavy atom. The predicted octanol–water partition coefficient (Wildman–Crippen LogP) is 3.21. The summed E-state index contributed by atoms with van der Waals surface area (Å²) in [5.74, 6) is 1.17. The van der Waals surface area contributed by atoms with Crippen LogP contribution in [0.3, 0.4) is 0 Å². The van der Waals surface area contributed by atoms with Gasteiger partial charge in [0.15, 0.2) is 0 Å². The molecule has 17 heavy (non-hydrogen) atoms. The monoisotopic (exact) mass is 257 g/mol.